The highest BCUT2D eigenvalue weighted by Gasteiger charge is 2.24. The van der Waals surface area contributed by atoms with Gasteiger partial charge in [-0.25, -0.2) is 4.39 Å². The van der Waals surface area contributed by atoms with E-state index in [0.717, 1.165) is 0 Å². The number of methoxy groups -OCH3 is 1. The van der Waals surface area contributed by atoms with Crippen molar-refractivity contribution in [3.05, 3.63) is 35.7 Å². The zero-order valence-corrected chi connectivity index (χ0v) is 12.1. The molecule has 1 atom stereocenters. The monoisotopic (exact) mass is 281 g/mol. The van der Waals surface area contributed by atoms with Gasteiger partial charge in [-0.3, -0.25) is 4.79 Å². The first-order valence-electron chi connectivity index (χ1n) is 6.28. The van der Waals surface area contributed by atoms with Crippen LogP contribution < -0.4 is 10.1 Å². The number of nitrogens with one attached hydrogen (secondary N) is 1. The van der Waals surface area contributed by atoms with Gasteiger partial charge in [0.2, 0.25) is 5.91 Å². The molecular formula is C15H20FNO3. The molecule has 0 aliphatic rings. The van der Waals surface area contributed by atoms with Crippen LogP contribution in [0.3, 0.4) is 0 Å². The van der Waals surface area contributed by atoms with E-state index in [4.69, 9.17) is 4.74 Å². The maximum absolute atomic E-state index is 13.5. The standard InChI is InChI=1S/C15H20FNO3/c1-10(18)15(2,3)17-14(19)8-6-11-5-7-13(20-4)12(16)9-11/h5-10,18H,1-4H3,(H,17,19)/b8-6+. The largest absolute Gasteiger partial charge is 0.494 e. The zero-order valence-electron chi connectivity index (χ0n) is 12.1. The summed E-state index contributed by atoms with van der Waals surface area (Å²) in [5, 5.41) is 12.2. The van der Waals surface area contributed by atoms with Crippen LogP contribution in [0.25, 0.3) is 6.08 Å². The molecule has 20 heavy (non-hydrogen) atoms. The lowest BCUT2D eigenvalue weighted by Crippen LogP contribution is -2.50. The van der Waals surface area contributed by atoms with E-state index in [0.29, 0.717) is 5.56 Å². The fourth-order valence-electron chi connectivity index (χ4n) is 1.42. The minimum absolute atomic E-state index is 0.154. The average Bonchev–Trinajstić information content (AvgIpc) is 2.35. The van der Waals surface area contributed by atoms with Gasteiger partial charge in [0, 0.05) is 6.08 Å². The first-order valence-corrected chi connectivity index (χ1v) is 6.28. The Hall–Kier alpha value is -1.88. The number of aliphatic hydroxyl groups excluding tert-OH is 1. The topological polar surface area (TPSA) is 58.6 Å². The van der Waals surface area contributed by atoms with Crippen molar-refractivity contribution in [3.8, 4) is 5.75 Å². The van der Waals surface area contributed by atoms with E-state index in [-0.39, 0.29) is 11.7 Å². The van der Waals surface area contributed by atoms with E-state index >= 15 is 0 Å². The van der Waals surface area contributed by atoms with Crippen LogP contribution in [0.5, 0.6) is 5.75 Å². The lowest BCUT2D eigenvalue weighted by atomic mass is 9.99. The van der Waals surface area contributed by atoms with Crippen molar-refractivity contribution in [1.82, 2.24) is 5.32 Å². The Kier molecular flexibility index (Phi) is 5.27. The molecule has 5 heteroatoms. The second-order valence-corrected chi connectivity index (χ2v) is 5.11. The van der Waals surface area contributed by atoms with E-state index in [9.17, 15) is 14.3 Å². The molecule has 0 heterocycles. The molecule has 1 aromatic carbocycles. The number of ether oxygens (including phenoxy) is 1. The Morgan fingerprint density at radius 1 is 1.50 bits per heavy atom. The molecule has 2 N–H and O–H groups in total. The first kappa shape index (κ1) is 16.2. The third kappa shape index (κ3) is 4.35. The van der Waals surface area contributed by atoms with Crippen molar-refractivity contribution >= 4 is 12.0 Å². The molecule has 0 fully saturated rings. The number of aliphatic hydroxyl groups is 1. The van der Waals surface area contributed by atoms with Crippen molar-refractivity contribution in [3.63, 3.8) is 0 Å². The predicted molar refractivity (Wildman–Crippen MR) is 75.9 cm³/mol. The SMILES string of the molecule is COc1ccc(/C=C/C(=O)NC(C)(C)C(C)O)cc1F. The summed E-state index contributed by atoms with van der Waals surface area (Å²) in [7, 11) is 1.39. The van der Waals surface area contributed by atoms with Crippen LogP contribution in [-0.4, -0.2) is 29.8 Å². The van der Waals surface area contributed by atoms with Gasteiger partial charge in [-0.2, -0.15) is 0 Å². The van der Waals surface area contributed by atoms with Crippen LogP contribution in [0.1, 0.15) is 26.3 Å². The molecule has 110 valence electrons. The van der Waals surface area contributed by atoms with Gasteiger partial charge in [0.05, 0.1) is 18.8 Å². The Labute approximate surface area is 118 Å². The molecule has 0 spiro atoms. The molecular weight excluding hydrogens is 261 g/mol. The summed E-state index contributed by atoms with van der Waals surface area (Å²) in [5.41, 5.74) is -0.180. The number of carbonyl (C=O) groups is 1. The lowest BCUT2D eigenvalue weighted by molar-refractivity contribution is -0.119. The quantitative estimate of drug-likeness (QED) is 0.813. The predicted octanol–water partition coefficient (Wildman–Crippen LogP) is 2.12. The average molecular weight is 281 g/mol. The molecule has 0 bridgehead atoms. The molecule has 0 aliphatic carbocycles. The van der Waals surface area contributed by atoms with Crippen LogP contribution >= 0.6 is 0 Å². The van der Waals surface area contributed by atoms with Crippen LogP contribution in [0.4, 0.5) is 4.39 Å². The van der Waals surface area contributed by atoms with E-state index in [2.05, 4.69) is 5.32 Å². The summed E-state index contributed by atoms with van der Waals surface area (Å²) in [5.74, 6) is -0.687. The molecule has 0 radical (unpaired) electrons. The maximum Gasteiger partial charge on any atom is 0.244 e. The molecule has 1 unspecified atom stereocenters. The minimum atomic E-state index is -0.730. The second kappa shape index (κ2) is 6.52. The number of hydrogen-bond acceptors (Lipinski definition) is 3. The van der Waals surface area contributed by atoms with Crippen LogP contribution in [-0.2, 0) is 4.79 Å². The molecule has 4 nitrogen and oxygen atoms in total. The summed E-state index contributed by atoms with van der Waals surface area (Å²) in [6.07, 6.45) is 2.11. The van der Waals surface area contributed by atoms with Crippen molar-refractivity contribution in [1.29, 1.82) is 0 Å². The van der Waals surface area contributed by atoms with E-state index in [1.54, 1.807) is 26.8 Å². The number of rotatable bonds is 5. The van der Waals surface area contributed by atoms with E-state index in [1.807, 2.05) is 0 Å². The van der Waals surface area contributed by atoms with Crippen molar-refractivity contribution < 1.29 is 19.0 Å². The molecule has 0 saturated heterocycles. The van der Waals surface area contributed by atoms with Crippen molar-refractivity contribution in [2.75, 3.05) is 7.11 Å². The second-order valence-electron chi connectivity index (χ2n) is 5.11. The Bertz CT molecular complexity index is 510. The highest BCUT2D eigenvalue weighted by Crippen LogP contribution is 2.18. The first-order chi connectivity index (χ1) is 9.26. The van der Waals surface area contributed by atoms with Gasteiger partial charge in [0.15, 0.2) is 11.6 Å². The Balaban J connectivity index is 2.73. The Morgan fingerprint density at radius 2 is 2.15 bits per heavy atom. The fourth-order valence-corrected chi connectivity index (χ4v) is 1.42. The van der Waals surface area contributed by atoms with Crippen molar-refractivity contribution in [2.24, 2.45) is 0 Å². The van der Waals surface area contributed by atoms with Gasteiger partial charge in [-0.05, 0) is 44.5 Å². The number of amides is 1. The zero-order chi connectivity index (χ0) is 15.3. The van der Waals surface area contributed by atoms with Gasteiger partial charge in [0.25, 0.3) is 0 Å². The van der Waals surface area contributed by atoms with Gasteiger partial charge in [-0.1, -0.05) is 6.07 Å². The van der Waals surface area contributed by atoms with Crippen LogP contribution in [0.2, 0.25) is 0 Å². The van der Waals surface area contributed by atoms with Crippen LogP contribution in [0, 0.1) is 5.82 Å². The minimum Gasteiger partial charge on any atom is -0.494 e. The summed E-state index contributed by atoms with van der Waals surface area (Å²) in [6, 6.07) is 4.42. The summed E-state index contributed by atoms with van der Waals surface area (Å²) in [4.78, 5) is 11.7. The number of carbonyl (C=O) groups excluding carboxylic acids is 1. The van der Waals surface area contributed by atoms with Crippen LogP contribution in [0.15, 0.2) is 24.3 Å². The highest BCUT2D eigenvalue weighted by molar-refractivity contribution is 5.92. The maximum atomic E-state index is 13.5. The fraction of sp³-hybridized carbons (Fsp3) is 0.400. The summed E-state index contributed by atoms with van der Waals surface area (Å²) >= 11 is 0. The Morgan fingerprint density at radius 3 is 2.65 bits per heavy atom. The summed E-state index contributed by atoms with van der Waals surface area (Å²) < 4.78 is 18.3. The number of halogens is 1. The molecule has 0 aliphatic heterocycles. The van der Waals surface area contributed by atoms with Gasteiger partial charge < -0.3 is 15.2 Å². The molecule has 0 saturated carbocycles. The third-order valence-electron chi connectivity index (χ3n) is 3.09. The lowest BCUT2D eigenvalue weighted by Gasteiger charge is -2.28. The number of benzene rings is 1. The van der Waals surface area contributed by atoms with Gasteiger partial charge in [0.1, 0.15) is 0 Å². The highest BCUT2D eigenvalue weighted by atomic mass is 19.1. The van der Waals surface area contributed by atoms with Gasteiger partial charge in [-0.15, -0.1) is 0 Å². The van der Waals surface area contributed by atoms with E-state index < -0.39 is 17.5 Å². The molecule has 1 amide bonds. The van der Waals surface area contributed by atoms with Crippen molar-refractivity contribution in [2.45, 2.75) is 32.4 Å². The molecule has 1 rings (SSSR count). The number of hydrogen-bond donors (Lipinski definition) is 2. The normalized spacial score (nSPS) is 13.3. The van der Waals surface area contributed by atoms with Gasteiger partial charge >= 0.3 is 0 Å². The molecule has 1 aromatic rings. The smallest absolute Gasteiger partial charge is 0.244 e. The molecule has 0 aromatic heterocycles. The third-order valence-corrected chi connectivity index (χ3v) is 3.09. The van der Waals surface area contributed by atoms with E-state index in [1.165, 1.54) is 31.4 Å². The summed E-state index contributed by atoms with van der Waals surface area (Å²) in [6.45, 7) is 5.04.